The number of unbranched alkanes of at least 4 members (excludes halogenated alkanes) is 2. The van der Waals surface area contributed by atoms with E-state index in [9.17, 15) is 36.7 Å². The van der Waals surface area contributed by atoms with Crippen LogP contribution in [0, 0.1) is 29.2 Å². The van der Waals surface area contributed by atoms with Gasteiger partial charge in [0.25, 0.3) is 5.91 Å². The minimum atomic E-state index is -1.98. The van der Waals surface area contributed by atoms with Crippen molar-refractivity contribution >= 4 is 23.6 Å². The molecular formula is C37H43F4N3O6. The molecule has 0 unspecified atom stereocenters. The zero-order valence-corrected chi connectivity index (χ0v) is 28.2. The first-order chi connectivity index (χ1) is 24.1. The highest BCUT2D eigenvalue weighted by molar-refractivity contribution is 5.95. The Hall–Kier alpha value is -4.78. The zero-order chi connectivity index (χ0) is 36.5. The number of rotatable bonds is 21. The maximum atomic E-state index is 14.9. The number of ether oxygens (including phenoxy) is 2. The van der Waals surface area contributed by atoms with Crippen LogP contribution in [-0.2, 0) is 32.1 Å². The van der Waals surface area contributed by atoms with Gasteiger partial charge in [-0.25, -0.2) is 8.78 Å². The second kappa shape index (κ2) is 20.7. The Morgan fingerprint density at radius 3 is 2.00 bits per heavy atom. The van der Waals surface area contributed by atoms with E-state index < -0.39 is 76.7 Å². The molecule has 0 saturated heterocycles. The quantitative estimate of drug-likeness (QED) is 0.0573. The number of Topliss-reactive ketones (excluding diaryl/α,β-unsaturated/α-hetero) is 1. The molecule has 3 rings (SSSR count). The molecule has 0 aliphatic heterocycles. The van der Waals surface area contributed by atoms with Crippen LogP contribution in [0.3, 0.4) is 0 Å². The zero-order valence-electron chi connectivity index (χ0n) is 28.2. The van der Waals surface area contributed by atoms with Crippen molar-refractivity contribution in [2.45, 2.75) is 64.5 Å². The van der Waals surface area contributed by atoms with Gasteiger partial charge in [0.05, 0.1) is 18.4 Å². The van der Waals surface area contributed by atoms with E-state index in [0.717, 1.165) is 11.1 Å². The summed E-state index contributed by atoms with van der Waals surface area (Å²) >= 11 is 0. The number of carbonyl (C=O) groups excluding carboxylic acids is 4. The molecule has 0 radical (unpaired) electrons. The van der Waals surface area contributed by atoms with Gasteiger partial charge in [0, 0.05) is 6.54 Å². The molecule has 0 fully saturated rings. The van der Waals surface area contributed by atoms with E-state index in [1.165, 1.54) is 0 Å². The fourth-order valence-corrected chi connectivity index (χ4v) is 5.06. The SMILES string of the molecule is CCCCNC(=O)c1c(F)c(F)c(OCC(=O)[C@H](CCCCNC)NC(=O)[C@@H](CC(=O)OCc2ccccc2)Cc2ccccc2)c(F)c1F. The Balaban J connectivity index is 1.77. The van der Waals surface area contributed by atoms with E-state index in [2.05, 4.69) is 16.0 Å². The van der Waals surface area contributed by atoms with Crippen LogP contribution < -0.4 is 20.7 Å². The largest absolute Gasteiger partial charge is 0.479 e. The lowest BCUT2D eigenvalue weighted by Crippen LogP contribution is -2.46. The number of benzene rings is 3. The van der Waals surface area contributed by atoms with Crippen LogP contribution in [0.15, 0.2) is 60.7 Å². The molecule has 270 valence electrons. The van der Waals surface area contributed by atoms with Gasteiger partial charge >= 0.3 is 5.97 Å². The molecule has 0 saturated carbocycles. The number of ketones is 1. The molecule has 0 heterocycles. The molecule has 3 aromatic carbocycles. The van der Waals surface area contributed by atoms with Gasteiger partial charge in [-0.2, -0.15) is 8.78 Å². The molecule has 9 nitrogen and oxygen atoms in total. The van der Waals surface area contributed by atoms with Crippen LogP contribution in [0.4, 0.5) is 17.6 Å². The molecule has 2 amide bonds. The molecular weight excluding hydrogens is 658 g/mol. The summed E-state index contributed by atoms with van der Waals surface area (Å²) in [5, 5.41) is 7.81. The third-order valence-electron chi connectivity index (χ3n) is 7.85. The maximum absolute atomic E-state index is 14.9. The van der Waals surface area contributed by atoms with Gasteiger partial charge in [-0.15, -0.1) is 0 Å². The lowest BCUT2D eigenvalue weighted by molar-refractivity contribution is -0.148. The van der Waals surface area contributed by atoms with Crippen molar-refractivity contribution in [1.29, 1.82) is 0 Å². The molecule has 2 atom stereocenters. The van der Waals surface area contributed by atoms with Gasteiger partial charge in [-0.05, 0) is 56.8 Å². The van der Waals surface area contributed by atoms with Crippen LogP contribution in [0.5, 0.6) is 5.75 Å². The highest BCUT2D eigenvalue weighted by atomic mass is 19.2. The summed E-state index contributed by atoms with van der Waals surface area (Å²) in [4.78, 5) is 52.1. The molecule has 0 bridgehead atoms. The van der Waals surface area contributed by atoms with Gasteiger partial charge in [0.1, 0.15) is 18.8 Å². The van der Waals surface area contributed by atoms with Crippen molar-refractivity contribution in [3.8, 4) is 5.75 Å². The number of esters is 1. The predicted molar refractivity (Wildman–Crippen MR) is 178 cm³/mol. The second-order valence-electron chi connectivity index (χ2n) is 11.7. The second-order valence-corrected chi connectivity index (χ2v) is 11.7. The average molecular weight is 702 g/mol. The number of halogens is 4. The van der Waals surface area contributed by atoms with Gasteiger partial charge in [0.15, 0.2) is 23.2 Å². The summed E-state index contributed by atoms with van der Waals surface area (Å²) in [7, 11) is 1.74. The number of nitrogens with one attached hydrogen (secondary N) is 3. The molecule has 3 N–H and O–H groups in total. The normalized spacial score (nSPS) is 12.1. The molecule has 0 spiro atoms. The van der Waals surface area contributed by atoms with Gasteiger partial charge < -0.3 is 25.4 Å². The Kier molecular flexibility index (Phi) is 16.4. The first-order valence-electron chi connectivity index (χ1n) is 16.5. The van der Waals surface area contributed by atoms with Gasteiger partial charge in [-0.3, -0.25) is 19.2 Å². The Morgan fingerprint density at radius 1 is 0.780 bits per heavy atom. The van der Waals surface area contributed by atoms with E-state index in [4.69, 9.17) is 9.47 Å². The summed E-state index contributed by atoms with van der Waals surface area (Å²) in [6, 6.07) is 16.7. The van der Waals surface area contributed by atoms with Crippen molar-refractivity contribution < 1.29 is 46.2 Å². The third kappa shape index (κ3) is 12.0. The highest BCUT2D eigenvalue weighted by Crippen LogP contribution is 2.30. The van der Waals surface area contributed by atoms with Crippen molar-refractivity contribution in [2.75, 3.05) is 26.7 Å². The topological polar surface area (TPSA) is 123 Å². The summed E-state index contributed by atoms with van der Waals surface area (Å²) in [5.74, 6) is -13.8. The first kappa shape index (κ1) is 39.7. The van der Waals surface area contributed by atoms with E-state index >= 15 is 0 Å². The molecule has 13 heteroatoms. The Bertz CT molecular complexity index is 1550. The van der Waals surface area contributed by atoms with E-state index in [0.29, 0.717) is 32.2 Å². The standard InChI is InChI=1S/C37H43F4N3O6/c1-3-4-19-43-37(48)30-31(38)33(40)35(34(41)32(30)39)50-23-28(45)27(17-11-12-18-42-2)44-36(47)26(20-24-13-7-5-8-14-24)21-29(46)49-22-25-15-9-6-10-16-25/h5-10,13-16,26-27,42H,3-4,11-12,17-23H2,1-2H3,(H,43,48)(H,44,47)/t26-,27+/m1/s1. The van der Waals surface area contributed by atoms with Crippen molar-refractivity contribution in [1.82, 2.24) is 16.0 Å². The molecule has 0 aromatic heterocycles. The maximum Gasteiger partial charge on any atom is 0.306 e. The summed E-state index contributed by atoms with van der Waals surface area (Å²) < 4.78 is 69.7. The van der Waals surface area contributed by atoms with Crippen LogP contribution in [-0.4, -0.2) is 56.4 Å². The Labute approximate surface area is 289 Å². The number of amides is 2. The average Bonchev–Trinajstić information content (AvgIpc) is 3.11. The molecule has 0 aliphatic carbocycles. The fraction of sp³-hybridized carbons (Fsp3) is 0.405. The Morgan fingerprint density at radius 2 is 1.40 bits per heavy atom. The summed E-state index contributed by atoms with van der Waals surface area (Å²) in [6.45, 7) is 1.39. The van der Waals surface area contributed by atoms with E-state index in [1.807, 2.05) is 13.0 Å². The number of carbonyl (C=O) groups is 4. The first-order valence-corrected chi connectivity index (χ1v) is 16.5. The van der Waals surface area contributed by atoms with E-state index in [-0.39, 0.29) is 32.4 Å². The van der Waals surface area contributed by atoms with Gasteiger partial charge in [-0.1, -0.05) is 74.0 Å². The minimum absolute atomic E-state index is 0.00206. The highest BCUT2D eigenvalue weighted by Gasteiger charge is 2.32. The van der Waals surface area contributed by atoms with Crippen LogP contribution >= 0.6 is 0 Å². The van der Waals surface area contributed by atoms with Crippen LogP contribution in [0.1, 0.15) is 66.9 Å². The van der Waals surface area contributed by atoms with Gasteiger partial charge in [0.2, 0.25) is 17.5 Å². The third-order valence-corrected chi connectivity index (χ3v) is 7.85. The van der Waals surface area contributed by atoms with Crippen molar-refractivity contribution in [2.24, 2.45) is 5.92 Å². The predicted octanol–water partition coefficient (Wildman–Crippen LogP) is 5.59. The fourth-order valence-electron chi connectivity index (χ4n) is 5.06. The van der Waals surface area contributed by atoms with E-state index in [1.54, 1.807) is 61.6 Å². The molecule has 3 aromatic rings. The monoisotopic (exact) mass is 701 g/mol. The summed E-state index contributed by atoms with van der Waals surface area (Å²) in [6.07, 6.45) is 2.10. The molecule has 0 aliphatic rings. The van der Waals surface area contributed by atoms with Crippen molar-refractivity contribution in [3.05, 3.63) is 101 Å². The van der Waals surface area contributed by atoms with Crippen LogP contribution in [0.2, 0.25) is 0 Å². The number of hydrogen-bond acceptors (Lipinski definition) is 7. The molecule has 50 heavy (non-hydrogen) atoms. The minimum Gasteiger partial charge on any atom is -0.479 e. The lowest BCUT2D eigenvalue weighted by Gasteiger charge is -2.22. The van der Waals surface area contributed by atoms with Crippen LogP contribution in [0.25, 0.3) is 0 Å². The smallest absolute Gasteiger partial charge is 0.306 e. The lowest BCUT2D eigenvalue weighted by atomic mass is 9.94. The summed E-state index contributed by atoms with van der Waals surface area (Å²) in [5.41, 5.74) is 0.0621. The van der Waals surface area contributed by atoms with Crippen molar-refractivity contribution in [3.63, 3.8) is 0 Å². The number of hydrogen-bond donors (Lipinski definition) is 3.